The molecule has 182 valence electrons. The van der Waals surface area contributed by atoms with Crippen LogP contribution in [0.2, 0.25) is 0 Å². The molecule has 0 aliphatic heterocycles. The van der Waals surface area contributed by atoms with Crippen LogP contribution in [0.5, 0.6) is 17.2 Å². The van der Waals surface area contributed by atoms with Gasteiger partial charge in [-0.05, 0) is 66.3 Å². The highest BCUT2D eigenvalue weighted by molar-refractivity contribution is 5.75. The molecule has 0 unspecified atom stereocenters. The second-order valence-electron chi connectivity index (χ2n) is 8.98. The van der Waals surface area contributed by atoms with E-state index in [1.54, 1.807) is 7.11 Å². The zero-order valence-electron chi connectivity index (χ0n) is 21.1. The number of imidazole rings is 1. The third kappa shape index (κ3) is 5.68. The molecule has 5 nitrogen and oxygen atoms in total. The molecule has 1 heterocycles. The Hall–Kier alpha value is -3.73. The summed E-state index contributed by atoms with van der Waals surface area (Å²) < 4.78 is 20.2. The van der Waals surface area contributed by atoms with Gasteiger partial charge in [0.1, 0.15) is 24.8 Å². The number of aryl methyl sites for hydroxylation is 1. The summed E-state index contributed by atoms with van der Waals surface area (Å²) in [5.74, 6) is 3.62. The fourth-order valence-corrected chi connectivity index (χ4v) is 4.24. The molecule has 35 heavy (non-hydrogen) atoms. The number of benzene rings is 3. The predicted molar refractivity (Wildman–Crippen MR) is 142 cm³/mol. The Balaban J connectivity index is 1.53. The van der Waals surface area contributed by atoms with Gasteiger partial charge in [-0.2, -0.15) is 0 Å². The summed E-state index contributed by atoms with van der Waals surface area (Å²) in [4.78, 5) is 4.86. The summed E-state index contributed by atoms with van der Waals surface area (Å²) in [6.45, 7) is 11.8. The molecule has 4 aromatic rings. The molecule has 0 spiro atoms. The van der Waals surface area contributed by atoms with Crippen molar-refractivity contribution in [2.24, 2.45) is 0 Å². The van der Waals surface area contributed by atoms with E-state index in [4.69, 9.17) is 19.2 Å². The number of para-hydroxylation sites is 2. The van der Waals surface area contributed by atoms with Crippen molar-refractivity contribution < 1.29 is 14.2 Å². The minimum absolute atomic E-state index is 0.380. The van der Waals surface area contributed by atoms with E-state index in [0.29, 0.717) is 25.7 Å². The summed E-state index contributed by atoms with van der Waals surface area (Å²) in [7, 11) is 1.66. The second-order valence-corrected chi connectivity index (χ2v) is 8.98. The number of ether oxygens (including phenoxy) is 3. The third-order valence-corrected chi connectivity index (χ3v) is 6.06. The van der Waals surface area contributed by atoms with Crippen LogP contribution in [0.3, 0.4) is 0 Å². The van der Waals surface area contributed by atoms with Crippen LogP contribution in [0.15, 0.2) is 73.3 Å². The Morgan fingerprint density at radius 1 is 0.971 bits per heavy atom. The van der Waals surface area contributed by atoms with Crippen LogP contribution in [-0.4, -0.2) is 23.3 Å². The van der Waals surface area contributed by atoms with Crippen molar-refractivity contribution in [3.8, 4) is 17.2 Å². The van der Waals surface area contributed by atoms with E-state index in [1.165, 1.54) is 11.1 Å². The molecule has 0 fully saturated rings. The standard InChI is InChI=1S/C30H34N2O3/c1-6-9-23-13-15-27(29(19-23)33-5)34-17-16-32-26-11-8-7-10-25(26)31-30(32)20-35-28-18-22(4)12-14-24(28)21(2)3/h6-8,10-15,18-19,21H,1,9,16-17,20H2,2-5H3. The van der Waals surface area contributed by atoms with E-state index >= 15 is 0 Å². The first kappa shape index (κ1) is 24.4. The number of hydrogen-bond acceptors (Lipinski definition) is 4. The van der Waals surface area contributed by atoms with E-state index in [-0.39, 0.29) is 0 Å². The van der Waals surface area contributed by atoms with Gasteiger partial charge in [0.2, 0.25) is 0 Å². The number of fused-ring (bicyclic) bond motifs is 1. The zero-order valence-corrected chi connectivity index (χ0v) is 21.1. The molecular weight excluding hydrogens is 436 g/mol. The van der Waals surface area contributed by atoms with E-state index in [9.17, 15) is 0 Å². The third-order valence-electron chi connectivity index (χ3n) is 6.06. The lowest BCUT2D eigenvalue weighted by molar-refractivity contribution is 0.263. The smallest absolute Gasteiger partial charge is 0.161 e. The van der Waals surface area contributed by atoms with Gasteiger partial charge in [0.25, 0.3) is 0 Å². The topological polar surface area (TPSA) is 45.5 Å². The number of allylic oxidation sites excluding steroid dienone is 1. The SMILES string of the molecule is C=CCc1ccc(OCCn2c(COc3cc(C)ccc3C(C)C)nc3ccccc32)c(OC)c1. The van der Waals surface area contributed by atoms with Gasteiger partial charge in [-0.3, -0.25) is 0 Å². The molecule has 0 radical (unpaired) electrons. The fourth-order valence-electron chi connectivity index (χ4n) is 4.24. The molecule has 0 saturated carbocycles. The number of nitrogens with zero attached hydrogens (tertiary/aromatic N) is 2. The quantitative estimate of drug-likeness (QED) is 0.225. The van der Waals surface area contributed by atoms with Gasteiger partial charge in [0.05, 0.1) is 24.7 Å². The second kappa shape index (κ2) is 11.1. The van der Waals surface area contributed by atoms with Crippen molar-refractivity contribution in [3.63, 3.8) is 0 Å². The van der Waals surface area contributed by atoms with Gasteiger partial charge >= 0.3 is 0 Å². The van der Waals surface area contributed by atoms with Gasteiger partial charge in [0.15, 0.2) is 11.5 Å². The van der Waals surface area contributed by atoms with Crippen LogP contribution in [0.1, 0.15) is 42.3 Å². The predicted octanol–water partition coefficient (Wildman–Crippen LogP) is 6.86. The normalized spacial score (nSPS) is 11.1. The Bertz CT molecular complexity index is 1310. The van der Waals surface area contributed by atoms with Crippen molar-refractivity contribution in [2.45, 2.75) is 46.3 Å². The highest BCUT2D eigenvalue weighted by Crippen LogP contribution is 2.30. The van der Waals surface area contributed by atoms with Gasteiger partial charge in [0, 0.05) is 0 Å². The number of methoxy groups -OCH3 is 1. The van der Waals surface area contributed by atoms with Crippen molar-refractivity contribution in [2.75, 3.05) is 13.7 Å². The van der Waals surface area contributed by atoms with E-state index in [1.807, 2.05) is 42.5 Å². The minimum atomic E-state index is 0.380. The molecule has 0 amide bonds. The first-order valence-corrected chi connectivity index (χ1v) is 12.1. The van der Waals surface area contributed by atoms with Crippen LogP contribution < -0.4 is 14.2 Å². The molecular formula is C30H34N2O3. The Labute approximate surface area is 208 Å². The summed E-state index contributed by atoms with van der Waals surface area (Å²) >= 11 is 0. The van der Waals surface area contributed by atoms with Crippen LogP contribution >= 0.6 is 0 Å². The molecule has 5 heteroatoms. The Kier molecular flexibility index (Phi) is 7.76. The van der Waals surface area contributed by atoms with Crippen LogP contribution in [0, 0.1) is 6.92 Å². The minimum Gasteiger partial charge on any atom is -0.493 e. The van der Waals surface area contributed by atoms with Gasteiger partial charge in [-0.1, -0.05) is 50.3 Å². The summed E-state index contributed by atoms with van der Waals surface area (Å²) in [6, 6.07) is 20.5. The van der Waals surface area contributed by atoms with E-state index in [0.717, 1.165) is 46.1 Å². The molecule has 0 aliphatic rings. The summed E-state index contributed by atoms with van der Waals surface area (Å²) in [5, 5.41) is 0. The maximum absolute atomic E-state index is 6.32. The van der Waals surface area contributed by atoms with Gasteiger partial charge in [-0.15, -0.1) is 6.58 Å². The van der Waals surface area contributed by atoms with Crippen molar-refractivity contribution in [1.82, 2.24) is 9.55 Å². The lowest BCUT2D eigenvalue weighted by Crippen LogP contribution is -2.13. The number of hydrogen-bond donors (Lipinski definition) is 0. The maximum Gasteiger partial charge on any atom is 0.161 e. The summed E-state index contributed by atoms with van der Waals surface area (Å²) in [5.41, 5.74) is 5.54. The van der Waals surface area contributed by atoms with Crippen molar-refractivity contribution >= 4 is 11.0 Å². The van der Waals surface area contributed by atoms with Crippen LogP contribution in [0.4, 0.5) is 0 Å². The molecule has 0 N–H and O–H groups in total. The van der Waals surface area contributed by atoms with Crippen molar-refractivity contribution in [1.29, 1.82) is 0 Å². The largest absolute Gasteiger partial charge is 0.493 e. The molecule has 0 atom stereocenters. The number of rotatable bonds is 11. The zero-order chi connectivity index (χ0) is 24.8. The van der Waals surface area contributed by atoms with Crippen molar-refractivity contribution in [3.05, 3.63) is 95.8 Å². The highest BCUT2D eigenvalue weighted by Gasteiger charge is 2.14. The molecule has 0 bridgehead atoms. The number of aromatic nitrogens is 2. The Morgan fingerprint density at radius 2 is 1.80 bits per heavy atom. The van der Waals surface area contributed by atoms with Crippen LogP contribution in [-0.2, 0) is 19.6 Å². The molecule has 3 aromatic carbocycles. The van der Waals surface area contributed by atoms with E-state index < -0.39 is 0 Å². The monoisotopic (exact) mass is 470 g/mol. The molecule has 4 rings (SSSR count). The highest BCUT2D eigenvalue weighted by atomic mass is 16.5. The fraction of sp³-hybridized carbons (Fsp3) is 0.300. The lowest BCUT2D eigenvalue weighted by Gasteiger charge is -2.16. The van der Waals surface area contributed by atoms with Crippen LogP contribution in [0.25, 0.3) is 11.0 Å². The average Bonchev–Trinajstić information content (AvgIpc) is 3.21. The van der Waals surface area contributed by atoms with E-state index in [2.05, 4.69) is 56.2 Å². The van der Waals surface area contributed by atoms with Gasteiger partial charge in [-0.25, -0.2) is 4.98 Å². The average molecular weight is 471 g/mol. The molecule has 1 aromatic heterocycles. The lowest BCUT2D eigenvalue weighted by atomic mass is 10.0. The maximum atomic E-state index is 6.32. The first-order chi connectivity index (χ1) is 17.0. The van der Waals surface area contributed by atoms with Gasteiger partial charge < -0.3 is 18.8 Å². The Morgan fingerprint density at radius 3 is 2.57 bits per heavy atom. The summed E-state index contributed by atoms with van der Waals surface area (Å²) in [6.07, 6.45) is 2.67. The molecule has 0 saturated heterocycles. The molecule has 0 aliphatic carbocycles. The first-order valence-electron chi connectivity index (χ1n) is 12.1.